The second kappa shape index (κ2) is 4.72. The monoisotopic (exact) mass is 229 g/mol. The van der Waals surface area contributed by atoms with E-state index in [1.54, 1.807) is 17.5 Å². The van der Waals surface area contributed by atoms with E-state index < -0.39 is 0 Å². The predicted octanol–water partition coefficient (Wildman–Crippen LogP) is 3.11. The molecule has 4 heteroatoms. The van der Waals surface area contributed by atoms with Gasteiger partial charge in [-0.3, -0.25) is 4.99 Å². The first-order valence-electron chi connectivity index (χ1n) is 4.74. The summed E-state index contributed by atoms with van der Waals surface area (Å²) in [5.74, 6) is 0. The van der Waals surface area contributed by atoms with Gasteiger partial charge in [0, 0.05) is 17.0 Å². The molecule has 0 aliphatic rings. The molecule has 0 radical (unpaired) electrons. The molecule has 0 aromatic carbocycles. The molecular formula is C12H11N3S. The van der Waals surface area contributed by atoms with Crippen LogP contribution >= 0.6 is 11.3 Å². The molecule has 0 unspecified atom stereocenters. The first-order valence-corrected chi connectivity index (χ1v) is 5.62. The number of thiophene rings is 1. The molecule has 0 saturated heterocycles. The van der Waals surface area contributed by atoms with Gasteiger partial charge in [0.25, 0.3) is 0 Å². The van der Waals surface area contributed by atoms with Gasteiger partial charge < -0.3 is 5.73 Å². The highest BCUT2D eigenvalue weighted by molar-refractivity contribution is 7.17. The van der Waals surface area contributed by atoms with E-state index in [0.29, 0.717) is 0 Å². The van der Waals surface area contributed by atoms with Crippen molar-refractivity contribution < 1.29 is 0 Å². The lowest BCUT2D eigenvalue weighted by Gasteiger charge is -1.93. The highest BCUT2D eigenvalue weighted by atomic mass is 32.1. The van der Waals surface area contributed by atoms with E-state index in [-0.39, 0.29) is 0 Å². The number of pyridine rings is 1. The number of nitrogen functional groups attached to an aromatic ring is 1. The molecule has 16 heavy (non-hydrogen) atoms. The van der Waals surface area contributed by atoms with E-state index in [9.17, 15) is 0 Å². The molecular weight excluding hydrogens is 218 g/mol. The lowest BCUT2D eigenvalue weighted by Crippen LogP contribution is -1.83. The topological polar surface area (TPSA) is 51.3 Å². The van der Waals surface area contributed by atoms with Crippen LogP contribution in [-0.2, 0) is 0 Å². The Labute approximate surface area is 97.7 Å². The van der Waals surface area contributed by atoms with Crippen molar-refractivity contribution in [1.82, 2.24) is 4.98 Å². The lowest BCUT2D eigenvalue weighted by molar-refractivity contribution is 1.40. The molecule has 2 heterocycles. The fourth-order valence-electron chi connectivity index (χ4n) is 1.30. The Kier molecular flexibility index (Phi) is 3.12. The quantitative estimate of drug-likeness (QED) is 0.649. The summed E-state index contributed by atoms with van der Waals surface area (Å²) < 4.78 is 0. The van der Waals surface area contributed by atoms with Gasteiger partial charge >= 0.3 is 0 Å². The van der Waals surface area contributed by atoms with Gasteiger partial charge in [0.1, 0.15) is 4.83 Å². The van der Waals surface area contributed by atoms with Crippen molar-refractivity contribution >= 4 is 40.0 Å². The van der Waals surface area contributed by atoms with Gasteiger partial charge in [0.05, 0.1) is 11.4 Å². The number of aliphatic imine (C=N–C) groups is 1. The highest BCUT2D eigenvalue weighted by Crippen LogP contribution is 2.26. The molecule has 0 saturated carbocycles. The van der Waals surface area contributed by atoms with E-state index >= 15 is 0 Å². The second-order valence-corrected chi connectivity index (χ2v) is 4.02. The number of rotatable bonds is 3. The molecule has 0 atom stereocenters. The Bertz CT molecular complexity index is 567. The summed E-state index contributed by atoms with van der Waals surface area (Å²) in [6.07, 6.45) is 7.22. The summed E-state index contributed by atoms with van der Waals surface area (Å²) in [7, 11) is 0. The van der Waals surface area contributed by atoms with Gasteiger partial charge in [-0.25, -0.2) is 4.98 Å². The number of anilines is 1. The van der Waals surface area contributed by atoms with Gasteiger partial charge in [0.15, 0.2) is 0 Å². The van der Waals surface area contributed by atoms with Crippen molar-refractivity contribution in [3.8, 4) is 0 Å². The Hall–Kier alpha value is -1.94. The number of hydrogen-bond acceptors (Lipinski definition) is 4. The number of aromatic nitrogens is 1. The summed E-state index contributed by atoms with van der Waals surface area (Å²) in [6.45, 7) is 3.35. The summed E-state index contributed by atoms with van der Waals surface area (Å²) in [6, 6.07) is 3.93. The first kappa shape index (κ1) is 10.6. The first-order chi connectivity index (χ1) is 7.81. The number of hydrogen-bond donors (Lipinski definition) is 1. The Balaban J connectivity index is 2.29. The van der Waals surface area contributed by atoms with E-state index in [1.807, 2.05) is 35.7 Å². The maximum absolute atomic E-state index is 5.79. The summed E-state index contributed by atoms with van der Waals surface area (Å²) in [5, 5.41) is 2.93. The van der Waals surface area contributed by atoms with Crippen LogP contribution in [0.15, 0.2) is 40.9 Å². The van der Waals surface area contributed by atoms with Crippen LogP contribution in [0.4, 0.5) is 5.69 Å². The fraction of sp³-hybridized carbons (Fsp3) is 0. The van der Waals surface area contributed by atoms with Crippen LogP contribution < -0.4 is 5.73 Å². The van der Waals surface area contributed by atoms with Crippen molar-refractivity contribution in [2.45, 2.75) is 0 Å². The predicted molar refractivity (Wildman–Crippen MR) is 71.8 cm³/mol. The van der Waals surface area contributed by atoms with Gasteiger partial charge in [-0.15, -0.1) is 11.3 Å². The third-order valence-corrected chi connectivity index (χ3v) is 2.97. The van der Waals surface area contributed by atoms with Crippen molar-refractivity contribution in [1.29, 1.82) is 0 Å². The van der Waals surface area contributed by atoms with Crippen LogP contribution in [0.3, 0.4) is 0 Å². The van der Waals surface area contributed by atoms with Crippen molar-refractivity contribution in [3.63, 3.8) is 0 Å². The highest BCUT2D eigenvalue weighted by Gasteiger charge is 2.01. The molecule has 0 spiro atoms. The average Bonchev–Trinajstić information content (AvgIpc) is 2.66. The molecule has 2 aromatic rings. The number of nitrogens with zero attached hydrogens (tertiary/aromatic N) is 2. The average molecular weight is 229 g/mol. The number of fused-ring (bicyclic) bond motifs is 1. The SMILES string of the molecule is C=N/C=C\C=C\c1ccc2c(N)csc2n1. The number of allylic oxidation sites excluding steroid dienone is 2. The maximum atomic E-state index is 5.79. The summed E-state index contributed by atoms with van der Waals surface area (Å²) in [4.78, 5) is 9.03. The number of nitrogens with two attached hydrogens (primary N) is 1. The van der Waals surface area contributed by atoms with Crippen LogP contribution in [-0.4, -0.2) is 11.7 Å². The molecule has 0 bridgehead atoms. The van der Waals surface area contributed by atoms with Crippen LogP contribution in [0.25, 0.3) is 16.3 Å². The van der Waals surface area contributed by atoms with E-state index in [4.69, 9.17) is 5.73 Å². The summed E-state index contributed by atoms with van der Waals surface area (Å²) >= 11 is 1.56. The zero-order valence-electron chi connectivity index (χ0n) is 8.63. The molecule has 0 aliphatic heterocycles. The molecule has 2 N–H and O–H groups in total. The minimum absolute atomic E-state index is 0.791. The molecule has 3 nitrogen and oxygen atoms in total. The van der Waals surface area contributed by atoms with E-state index in [0.717, 1.165) is 21.6 Å². The minimum atomic E-state index is 0.791. The molecule has 0 amide bonds. The maximum Gasteiger partial charge on any atom is 0.126 e. The smallest absolute Gasteiger partial charge is 0.126 e. The molecule has 0 aliphatic carbocycles. The zero-order valence-corrected chi connectivity index (χ0v) is 9.45. The Morgan fingerprint density at radius 3 is 3.06 bits per heavy atom. The third kappa shape index (κ3) is 2.17. The second-order valence-electron chi connectivity index (χ2n) is 3.16. The minimum Gasteiger partial charge on any atom is -0.398 e. The summed E-state index contributed by atoms with van der Waals surface area (Å²) in [5.41, 5.74) is 7.48. The van der Waals surface area contributed by atoms with Crippen molar-refractivity contribution in [2.24, 2.45) is 4.99 Å². The van der Waals surface area contributed by atoms with E-state index in [2.05, 4.69) is 16.7 Å². The van der Waals surface area contributed by atoms with Gasteiger partial charge in [0.2, 0.25) is 0 Å². The van der Waals surface area contributed by atoms with E-state index in [1.165, 1.54) is 0 Å². The zero-order chi connectivity index (χ0) is 11.4. The van der Waals surface area contributed by atoms with Gasteiger partial charge in [-0.1, -0.05) is 6.08 Å². The van der Waals surface area contributed by atoms with Gasteiger partial charge in [-0.05, 0) is 31.0 Å². The third-order valence-electron chi connectivity index (χ3n) is 2.06. The standard InChI is InChI=1S/C12H11N3S/c1-14-7-3-2-4-9-5-6-10-11(13)8-16-12(10)15-9/h2-8H,1,13H2/b4-2+,7-3-. The van der Waals surface area contributed by atoms with Crippen LogP contribution in [0.1, 0.15) is 5.69 Å². The molecule has 80 valence electrons. The van der Waals surface area contributed by atoms with Crippen molar-refractivity contribution in [3.05, 3.63) is 41.6 Å². The Morgan fingerprint density at radius 1 is 1.38 bits per heavy atom. The normalized spacial score (nSPS) is 11.8. The largest absolute Gasteiger partial charge is 0.398 e. The van der Waals surface area contributed by atoms with Crippen LogP contribution in [0.2, 0.25) is 0 Å². The molecule has 2 rings (SSSR count). The van der Waals surface area contributed by atoms with Crippen LogP contribution in [0, 0.1) is 0 Å². The fourth-order valence-corrected chi connectivity index (χ4v) is 2.14. The Morgan fingerprint density at radius 2 is 2.25 bits per heavy atom. The van der Waals surface area contributed by atoms with Crippen molar-refractivity contribution in [2.75, 3.05) is 5.73 Å². The van der Waals surface area contributed by atoms with Crippen LogP contribution in [0.5, 0.6) is 0 Å². The molecule has 2 aromatic heterocycles. The lowest BCUT2D eigenvalue weighted by atomic mass is 10.2. The molecule has 0 fully saturated rings. The van der Waals surface area contributed by atoms with Gasteiger partial charge in [-0.2, -0.15) is 0 Å².